The summed E-state index contributed by atoms with van der Waals surface area (Å²) in [5.74, 6) is 0. The summed E-state index contributed by atoms with van der Waals surface area (Å²) >= 11 is 6.11. The van der Waals surface area contributed by atoms with Gasteiger partial charge in [0.2, 0.25) is 0 Å². The SMILES string of the molecule is CCC1CC(N(Cc2cc(Cl)cc(C(F)(F)F)c2)c2nc(CO)co2)CC(Cc2ccccc2)N1C(=O)OC(C)(C)C. The summed E-state index contributed by atoms with van der Waals surface area (Å²) < 4.78 is 52.4. The highest BCUT2D eigenvalue weighted by Gasteiger charge is 2.42. The number of halogens is 4. The number of benzene rings is 2. The number of hydrogen-bond acceptors (Lipinski definition) is 6. The van der Waals surface area contributed by atoms with Gasteiger partial charge in [-0.2, -0.15) is 18.2 Å². The molecule has 1 amide bonds. The van der Waals surface area contributed by atoms with E-state index in [2.05, 4.69) is 4.98 Å². The average Bonchev–Trinajstić information content (AvgIpc) is 3.39. The second-order valence-electron chi connectivity index (χ2n) is 11.7. The normalized spacial score (nSPS) is 19.5. The number of nitrogens with zero attached hydrogens (tertiary/aromatic N) is 3. The summed E-state index contributed by atoms with van der Waals surface area (Å²) in [6, 6.07) is 12.7. The first-order chi connectivity index (χ1) is 19.8. The molecule has 1 aromatic heterocycles. The van der Waals surface area contributed by atoms with Crippen molar-refractivity contribution in [2.24, 2.45) is 0 Å². The lowest BCUT2D eigenvalue weighted by Gasteiger charge is -2.48. The van der Waals surface area contributed by atoms with Gasteiger partial charge in [-0.15, -0.1) is 0 Å². The molecule has 7 nitrogen and oxygen atoms in total. The minimum atomic E-state index is -4.57. The lowest BCUT2D eigenvalue weighted by atomic mass is 9.86. The molecule has 0 radical (unpaired) electrons. The van der Waals surface area contributed by atoms with Crippen LogP contribution in [0.3, 0.4) is 0 Å². The topological polar surface area (TPSA) is 79.0 Å². The van der Waals surface area contributed by atoms with Gasteiger partial charge in [0, 0.05) is 29.7 Å². The number of carbonyl (C=O) groups is 1. The number of amides is 1. The fourth-order valence-corrected chi connectivity index (χ4v) is 5.76. The van der Waals surface area contributed by atoms with Gasteiger partial charge in [-0.1, -0.05) is 48.9 Å². The molecule has 1 aliphatic rings. The Morgan fingerprint density at radius 2 is 1.81 bits per heavy atom. The van der Waals surface area contributed by atoms with Crippen LogP contribution in [0.15, 0.2) is 59.2 Å². The number of rotatable bonds is 8. The molecule has 3 atom stereocenters. The third-order valence-corrected chi connectivity index (χ3v) is 7.51. The lowest BCUT2D eigenvalue weighted by Crippen LogP contribution is -2.58. The first-order valence-corrected chi connectivity index (χ1v) is 14.4. The van der Waals surface area contributed by atoms with E-state index in [9.17, 15) is 23.1 Å². The Balaban J connectivity index is 1.74. The Morgan fingerprint density at radius 1 is 1.12 bits per heavy atom. The highest BCUT2D eigenvalue weighted by molar-refractivity contribution is 6.30. The number of carbonyl (C=O) groups excluding carboxylic acids is 1. The molecule has 11 heteroatoms. The molecule has 42 heavy (non-hydrogen) atoms. The summed E-state index contributed by atoms with van der Waals surface area (Å²) in [7, 11) is 0. The van der Waals surface area contributed by atoms with E-state index in [4.69, 9.17) is 20.8 Å². The zero-order chi connectivity index (χ0) is 30.7. The number of aromatic nitrogens is 1. The van der Waals surface area contributed by atoms with Crippen LogP contribution in [0.5, 0.6) is 0 Å². The maximum Gasteiger partial charge on any atom is 0.416 e. The Kier molecular flexibility index (Phi) is 9.77. The molecule has 3 unspecified atom stereocenters. The zero-order valence-electron chi connectivity index (χ0n) is 24.2. The Morgan fingerprint density at radius 3 is 2.40 bits per heavy atom. The number of anilines is 1. The van der Waals surface area contributed by atoms with Gasteiger partial charge >= 0.3 is 12.3 Å². The van der Waals surface area contributed by atoms with Crippen molar-refractivity contribution in [1.82, 2.24) is 9.88 Å². The number of aliphatic hydroxyl groups excluding tert-OH is 1. The first-order valence-electron chi connectivity index (χ1n) is 14.0. The summed E-state index contributed by atoms with van der Waals surface area (Å²) in [5, 5.41) is 9.60. The van der Waals surface area contributed by atoms with Crippen LogP contribution in [0, 0.1) is 0 Å². The number of ether oxygens (including phenoxy) is 1. The van der Waals surface area contributed by atoms with E-state index < -0.39 is 23.4 Å². The van der Waals surface area contributed by atoms with Gasteiger partial charge in [0.05, 0.1) is 12.2 Å². The fraction of sp³-hybridized carbons (Fsp3) is 0.484. The van der Waals surface area contributed by atoms with E-state index in [1.54, 1.807) is 0 Å². The molecule has 0 bridgehead atoms. The van der Waals surface area contributed by atoms with Crippen LogP contribution in [-0.2, 0) is 30.5 Å². The third kappa shape index (κ3) is 7.98. The maximum atomic E-state index is 13.6. The minimum Gasteiger partial charge on any atom is -0.444 e. The number of alkyl halides is 3. The molecule has 1 saturated heterocycles. The van der Waals surface area contributed by atoms with E-state index in [-0.39, 0.29) is 42.3 Å². The minimum absolute atomic E-state index is 0.0284. The number of hydrogen-bond donors (Lipinski definition) is 1. The lowest BCUT2D eigenvalue weighted by molar-refractivity contribution is -0.137. The third-order valence-electron chi connectivity index (χ3n) is 7.29. The summed E-state index contributed by atoms with van der Waals surface area (Å²) in [6.07, 6.45) is -1.45. The summed E-state index contributed by atoms with van der Waals surface area (Å²) in [4.78, 5) is 21.6. The highest BCUT2D eigenvalue weighted by Crippen LogP contribution is 2.36. The van der Waals surface area contributed by atoms with Gasteiger partial charge in [-0.05, 0) is 75.8 Å². The first kappa shape index (κ1) is 31.7. The van der Waals surface area contributed by atoms with Gasteiger partial charge in [0.15, 0.2) is 0 Å². The highest BCUT2D eigenvalue weighted by atomic mass is 35.5. The van der Waals surface area contributed by atoms with Crippen molar-refractivity contribution < 1.29 is 32.2 Å². The predicted molar refractivity (Wildman–Crippen MR) is 154 cm³/mol. The van der Waals surface area contributed by atoms with Crippen molar-refractivity contribution in [1.29, 1.82) is 0 Å². The summed E-state index contributed by atoms with van der Waals surface area (Å²) in [5.41, 5.74) is 0.150. The molecule has 1 fully saturated rings. The van der Waals surface area contributed by atoms with Crippen molar-refractivity contribution in [3.63, 3.8) is 0 Å². The van der Waals surface area contributed by atoms with Gasteiger partial charge in [-0.3, -0.25) is 0 Å². The molecule has 0 aliphatic carbocycles. The van der Waals surface area contributed by atoms with E-state index in [0.29, 0.717) is 36.9 Å². The van der Waals surface area contributed by atoms with Gasteiger partial charge in [0.25, 0.3) is 6.01 Å². The van der Waals surface area contributed by atoms with Gasteiger partial charge < -0.3 is 24.1 Å². The predicted octanol–water partition coefficient (Wildman–Crippen LogP) is 7.64. The molecule has 228 valence electrons. The van der Waals surface area contributed by atoms with E-state index in [0.717, 1.165) is 17.7 Å². The van der Waals surface area contributed by atoms with Crippen LogP contribution >= 0.6 is 11.6 Å². The number of aliphatic hydroxyl groups is 1. The van der Waals surface area contributed by atoms with Crippen LogP contribution in [-0.4, -0.2) is 44.8 Å². The quantitative estimate of drug-likeness (QED) is 0.284. The van der Waals surface area contributed by atoms with Crippen molar-refractivity contribution in [3.05, 3.63) is 82.2 Å². The molecule has 1 N–H and O–H groups in total. The second kappa shape index (κ2) is 13.0. The Labute approximate surface area is 249 Å². The molecule has 3 aromatic rings. The smallest absolute Gasteiger partial charge is 0.416 e. The largest absolute Gasteiger partial charge is 0.444 e. The van der Waals surface area contributed by atoms with Crippen LogP contribution in [0.1, 0.15) is 69.3 Å². The standard InChI is InChI=1S/C31H37ClF3N3O4/c1-5-25-15-26(16-27(13-20-9-7-6-8-10-20)38(25)29(40)42-30(2,3)4)37(28-36-24(18-39)19-41-28)17-21-11-22(31(33,34)35)14-23(32)12-21/h6-12,14,19,25-27,39H,5,13,15-18H2,1-4H3. The van der Waals surface area contributed by atoms with E-state index in [1.165, 1.54) is 12.3 Å². The number of oxazole rings is 1. The van der Waals surface area contributed by atoms with Crippen molar-refractivity contribution in [2.45, 2.75) is 96.4 Å². The molecule has 2 aromatic carbocycles. The van der Waals surface area contributed by atoms with Gasteiger partial charge in [-0.25, -0.2) is 4.79 Å². The molecule has 2 heterocycles. The average molecular weight is 608 g/mol. The molecule has 0 spiro atoms. The van der Waals surface area contributed by atoms with Crippen LogP contribution < -0.4 is 4.90 Å². The zero-order valence-corrected chi connectivity index (χ0v) is 25.0. The van der Waals surface area contributed by atoms with Crippen LogP contribution in [0.2, 0.25) is 5.02 Å². The maximum absolute atomic E-state index is 13.6. The van der Waals surface area contributed by atoms with Crippen molar-refractivity contribution >= 4 is 23.7 Å². The second-order valence-corrected chi connectivity index (χ2v) is 12.1. The molecular formula is C31H37ClF3N3O4. The van der Waals surface area contributed by atoms with Crippen molar-refractivity contribution in [2.75, 3.05) is 4.90 Å². The van der Waals surface area contributed by atoms with E-state index >= 15 is 0 Å². The number of likely N-dealkylation sites (tertiary alicyclic amines) is 1. The van der Waals surface area contributed by atoms with E-state index in [1.807, 2.05) is 67.8 Å². The Bertz CT molecular complexity index is 1340. The molecule has 4 rings (SSSR count). The molecular weight excluding hydrogens is 571 g/mol. The monoisotopic (exact) mass is 607 g/mol. The number of piperidine rings is 1. The van der Waals surface area contributed by atoms with Gasteiger partial charge in [0.1, 0.15) is 17.6 Å². The Hall–Kier alpha value is -3.24. The van der Waals surface area contributed by atoms with Crippen LogP contribution in [0.25, 0.3) is 0 Å². The van der Waals surface area contributed by atoms with Crippen molar-refractivity contribution in [3.8, 4) is 0 Å². The molecule has 0 saturated carbocycles. The summed E-state index contributed by atoms with van der Waals surface area (Å²) in [6.45, 7) is 7.16. The fourth-order valence-electron chi connectivity index (χ4n) is 5.50. The molecule has 1 aliphatic heterocycles. The van der Waals surface area contributed by atoms with Crippen LogP contribution in [0.4, 0.5) is 24.0 Å².